The van der Waals surface area contributed by atoms with Gasteiger partial charge in [-0.25, -0.2) is 4.98 Å². The molecule has 0 saturated heterocycles. The minimum absolute atomic E-state index is 0.253. The van der Waals surface area contributed by atoms with Gasteiger partial charge in [-0.05, 0) is 38.2 Å². The van der Waals surface area contributed by atoms with Crippen LogP contribution in [0.5, 0.6) is 0 Å². The van der Waals surface area contributed by atoms with E-state index in [4.69, 9.17) is 5.73 Å². The van der Waals surface area contributed by atoms with E-state index in [1.165, 1.54) is 5.56 Å². The van der Waals surface area contributed by atoms with Crippen LogP contribution in [0.3, 0.4) is 0 Å². The molecule has 1 aromatic heterocycles. The maximum absolute atomic E-state index is 5.78. The summed E-state index contributed by atoms with van der Waals surface area (Å²) in [7, 11) is 4.24. The first-order valence-electron chi connectivity index (χ1n) is 6.62. The van der Waals surface area contributed by atoms with Crippen LogP contribution >= 0.6 is 0 Å². The lowest BCUT2D eigenvalue weighted by Crippen LogP contribution is -2.36. The van der Waals surface area contributed by atoms with Crippen molar-refractivity contribution in [1.29, 1.82) is 0 Å². The number of nitrogen functional groups attached to an aromatic ring is 1. The third-order valence-corrected chi connectivity index (χ3v) is 3.57. The highest BCUT2D eigenvalue weighted by Gasteiger charge is 2.24. The number of benzene rings is 1. The van der Waals surface area contributed by atoms with Gasteiger partial charge in [0.15, 0.2) is 0 Å². The highest BCUT2D eigenvalue weighted by atomic mass is 15.2. The fourth-order valence-electron chi connectivity index (χ4n) is 2.59. The van der Waals surface area contributed by atoms with Crippen molar-refractivity contribution in [2.24, 2.45) is 0 Å². The van der Waals surface area contributed by atoms with Crippen LogP contribution in [0.15, 0.2) is 43.0 Å². The fraction of sp³-hybridized carbons (Fsp3) is 0.400. The Morgan fingerprint density at radius 3 is 2.42 bits per heavy atom. The SMILES string of the molecule is CCC(C(c1ccc(N)cc1)n1ccnc1)N(C)C. The van der Waals surface area contributed by atoms with Gasteiger partial charge in [-0.1, -0.05) is 19.1 Å². The van der Waals surface area contributed by atoms with Gasteiger partial charge in [0.2, 0.25) is 0 Å². The van der Waals surface area contributed by atoms with E-state index < -0.39 is 0 Å². The molecule has 0 fully saturated rings. The van der Waals surface area contributed by atoms with Gasteiger partial charge in [0, 0.05) is 24.1 Å². The van der Waals surface area contributed by atoms with Crippen LogP contribution in [0, 0.1) is 0 Å². The highest BCUT2D eigenvalue weighted by molar-refractivity contribution is 5.40. The Morgan fingerprint density at radius 1 is 1.26 bits per heavy atom. The first-order chi connectivity index (χ1) is 9.13. The van der Waals surface area contributed by atoms with Crippen molar-refractivity contribution in [3.05, 3.63) is 48.5 Å². The van der Waals surface area contributed by atoms with Crippen LogP contribution in [-0.4, -0.2) is 34.6 Å². The molecule has 0 bridgehead atoms. The van der Waals surface area contributed by atoms with Gasteiger partial charge in [-0.3, -0.25) is 0 Å². The van der Waals surface area contributed by atoms with Crippen LogP contribution in [-0.2, 0) is 0 Å². The van der Waals surface area contributed by atoms with Crippen molar-refractivity contribution < 1.29 is 0 Å². The molecule has 0 spiro atoms. The zero-order valence-corrected chi connectivity index (χ0v) is 11.8. The predicted molar refractivity (Wildman–Crippen MR) is 79.0 cm³/mol. The third kappa shape index (κ3) is 2.96. The van der Waals surface area contributed by atoms with Gasteiger partial charge in [-0.2, -0.15) is 0 Å². The van der Waals surface area contributed by atoms with E-state index in [-0.39, 0.29) is 6.04 Å². The van der Waals surface area contributed by atoms with E-state index in [0.717, 1.165) is 12.1 Å². The number of hydrogen-bond acceptors (Lipinski definition) is 3. The van der Waals surface area contributed by atoms with Crippen LogP contribution in [0.1, 0.15) is 24.9 Å². The average Bonchev–Trinajstić information content (AvgIpc) is 2.90. The summed E-state index contributed by atoms with van der Waals surface area (Å²) >= 11 is 0. The smallest absolute Gasteiger partial charge is 0.0952 e. The molecular formula is C15H22N4. The summed E-state index contributed by atoms with van der Waals surface area (Å²) in [6.07, 6.45) is 6.80. The Bertz CT molecular complexity index is 487. The van der Waals surface area contributed by atoms with E-state index in [9.17, 15) is 0 Å². The van der Waals surface area contributed by atoms with Gasteiger partial charge in [-0.15, -0.1) is 0 Å². The number of nitrogens with zero attached hydrogens (tertiary/aromatic N) is 3. The first-order valence-corrected chi connectivity index (χ1v) is 6.62. The zero-order chi connectivity index (χ0) is 13.8. The van der Waals surface area contributed by atoms with Gasteiger partial charge >= 0.3 is 0 Å². The van der Waals surface area contributed by atoms with Crippen molar-refractivity contribution in [2.75, 3.05) is 19.8 Å². The lowest BCUT2D eigenvalue weighted by Gasteiger charge is -2.33. The second-order valence-electron chi connectivity index (χ2n) is 5.06. The lowest BCUT2D eigenvalue weighted by atomic mass is 9.96. The molecule has 0 aliphatic heterocycles. The maximum Gasteiger partial charge on any atom is 0.0952 e. The minimum Gasteiger partial charge on any atom is -0.399 e. The van der Waals surface area contributed by atoms with E-state index in [0.29, 0.717) is 6.04 Å². The summed E-state index contributed by atoms with van der Waals surface area (Å²) in [5.41, 5.74) is 7.84. The van der Waals surface area contributed by atoms with E-state index in [1.807, 2.05) is 30.9 Å². The maximum atomic E-state index is 5.78. The predicted octanol–water partition coefficient (Wildman–Crippen LogP) is 2.39. The molecule has 0 aliphatic rings. The molecule has 19 heavy (non-hydrogen) atoms. The molecule has 0 radical (unpaired) electrons. The summed E-state index contributed by atoms with van der Waals surface area (Å²) in [5.74, 6) is 0. The van der Waals surface area contributed by atoms with Crippen LogP contribution in [0.25, 0.3) is 0 Å². The number of aromatic nitrogens is 2. The molecule has 2 atom stereocenters. The van der Waals surface area contributed by atoms with Crippen molar-refractivity contribution in [1.82, 2.24) is 14.5 Å². The molecule has 1 aromatic carbocycles. The topological polar surface area (TPSA) is 47.1 Å². The van der Waals surface area contributed by atoms with Crippen molar-refractivity contribution in [2.45, 2.75) is 25.4 Å². The van der Waals surface area contributed by atoms with Gasteiger partial charge in [0.1, 0.15) is 0 Å². The molecule has 4 nitrogen and oxygen atoms in total. The Hall–Kier alpha value is -1.81. The quantitative estimate of drug-likeness (QED) is 0.838. The molecule has 2 rings (SSSR count). The summed E-state index contributed by atoms with van der Waals surface area (Å²) in [6.45, 7) is 2.21. The van der Waals surface area contributed by atoms with Crippen molar-refractivity contribution in [3.8, 4) is 0 Å². The number of nitrogens with two attached hydrogens (primary N) is 1. The number of rotatable bonds is 5. The number of hydrogen-bond donors (Lipinski definition) is 1. The molecule has 2 aromatic rings. The molecular weight excluding hydrogens is 236 g/mol. The number of likely N-dealkylation sites (N-methyl/N-ethyl adjacent to an activating group) is 1. The molecule has 4 heteroatoms. The highest BCUT2D eigenvalue weighted by Crippen LogP contribution is 2.27. The van der Waals surface area contributed by atoms with Gasteiger partial charge in [0.25, 0.3) is 0 Å². The Kier molecular flexibility index (Phi) is 4.22. The summed E-state index contributed by atoms with van der Waals surface area (Å²) in [6, 6.07) is 8.79. The van der Waals surface area contributed by atoms with E-state index in [2.05, 4.69) is 47.6 Å². The molecule has 0 aliphatic carbocycles. The van der Waals surface area contributed by atoms with E-state index >= 15 is 0 Å². The fourth-order valence-corrected chi connectivity index (χ4v) is 2.59. The summed E-state index contributed by atoms with van der Waals surface area (Å²) in [4.78, 5) is 6.45. The molecule has 0 amide bonds. The summed E-state index contributed by atoms with van der Waals surface area (Å²) < 4.78 is 2.17. The first kappa shape index (κ1) is 13.6. The second-order valence-corrected chi connectivity index (χ2v) is 5.06. The Labute approximate surface area is 114 Å². The monoisotopic (exact) mass is 258 g/mol. The van der Waals surface area contributed by atoms with Gasteiger partial charge in [0.05, 0.1) is 12.4 Å². The van der Waals surface area contributed by atoms with Crippen LogP contribution in [0.2, 0.25) is 0 Å². The standard InChI is InChI=1S/C15H22N4/c1-4-14(18(2)3)15(19-10-9-17-11-19)12-5-7-13(16)8-6-12/h5-11,14-15H,4,16H2,1-3H3. The van der Waals surface area contributed by atoms with Crippen LogP contribution in [0.4, 0.5) is 5.69 Å². The van der Waals surface area contributed by atoms with Crippen LogP contribution < -0.4 is 5.73 Å². The van der Waals surface area contributed by atoms with E-state index in [1.54, 1.807) is 0 Å². The second kappa shape index (κ2) is 5.89. The zero-order valence-electron chi connectivity index (χ0n) is 11.8. The Morgan fingerprint density at radius 2 is 1.95 bits per heavy atom. The number of anilines is 1. The molecule has 1 heterocycles. The molecule has 102 valence electrons. The van der Waals surface area contributed by atoms with Crippen molar-refractivity contribution in [3.63, 3.8) is 0 Å². The number of imidazole rings is 1. The normalized spacial score (nSPS) is 14.5. The largest absolute Gasteiger partial charge is 0.399 e. The Balaban J connectivity index is 2.42. The summed E-state index contributed by atoms with van der Waals surface area (Å²) in [5, 5.41) is 0. The molecule has 2 unspecified atom stereocenters. The van der Waals surface area contributed by atoms with Gasteiger partial charge < -0.3 is 15.2 Å². The third-order valence-electron chi connectivity index (χ3n) is 3.57. The molecule has 0 saturated carbocycles. The lowest BCUT2D eigenvalue weighted by molar-refractivity contribution is 0.227. The van der Waals surface area contributed by atoms with Crippen molar-refractivity contribution >= 4 is 5.69 Å². The minimum atomic E-state index is 0.253. The average molecular weight is 258 g/mol. The molecule has 2 N–H and O–H groups in total.